The maximum atomic E-state index is 4.04. The van der Waals surface area contributed by atoms with E-state index in [0.29, 0.717) is 5.92 Å². The summed E-state index contributed by atoms with van der Waals surface area (Å²) in [7, 11) is 1.81. The van der Waals surface area contributed by atoms with E-state index in [1.54, 1.807) is 0 Å². The molecule has 1 saturated carbocycles. The van der Waals surface area contributed by atoms with Crippen LogP contribution < -0.4 is 0 Å². The Morgan fingerprint density at radius 3 is 2.64 bits per heavy atom. The van der Waals surface area contributed by atoms with Crippen molar-refractivity contribution < 1.29 is 0 Å². The topological polar surface area (TPSA) is 4.36 Å². The largest absolute Gasteiger partial charge is 0.280 e. The van der Waals surface area contributed by atoms with Gasteiger partial charge in [0, 0.05) is 0 Å². The minimum atomic E-state index is 0.411. The second-order valence-electron chi connectivity index (χ2n) is 4.00. The van der Waals surface area contributed by atoms with Gasteiger partial charge >= 0.3 is 0 Å². The molecule has 0 bridgehead atoms. The minimum absolute atomic E-state index is 0.411. The number of benzene rings is 1. The van der Waals surface area contributed by atoms with Crippen molar-refractivity contribution in [2.24, 2.45) is 5.92 Å². The van der Waals surface area contributed by atoms with Crippen molar-refractivity contribution in [3.05, 3.63) is 40.7 Å². The highest BCUT2D eigenvalue weighted by Crippen LogP contribution is 2.38. The average molecular weight is 186 g/mol. The van der Waals surface area contributed by atoms with Gasteiger partial charge in [-0.05, 0) is 17.9 Å². The Labute approximate surface area is 85.6 Å². The van der Waals surface area contributed by atoms with Crippen molar-refractivity contribution >= 4 is 0 Å². The van der Waals surface area contributed by atoms with Gasteiger partial charge in [0.1, 0.15) is 5.92 Å². The first-order chi connectivity index (χ1) is 6.90. The summed E-state index contributed by atoms with van der Waals surface area (Å²) in [6.07, 6.45) is 4.02. The smallest absolute Gasteiger partial charge is 0.0864 e. The van der Waals surface area contributed by atoms with Gasteiger partial charge in [-0.2, -0.15) is 0 Å². The van der Waals surface area contributed by atoms with Gasteiger partial charge in [0.25, 0.3) is 13.1 Å². The Bertz CT molecular complexity index is 340. The molecule has 1 aliphatic rings. The fourth-order valence-corrected chi connectivity index (χ4v) is 1.79. The molecule has 1 aliphatic carbocycles. The number of rotatable bonds is 3. The SMILES string of the molecule is C[N+]#CC(CC1CC1)c1ccccc1. The van der Waals surface area contributed by atoms with Crippen molar-refractivity contribution in [2.45, 2.75) is 25.2 Å². The Morgan fingerprint density at radius 1 is 1.36 bits per heavy atom. The van der Waals surface area contributed by atoms with Gasteiger partial charge in [0.2, 0.25) is 0 Å². The molecule has 1 fully saturated rings. The molecule has 1 aromatic carbocycles. The van der Waals surface area contributed by atoms with E-state index in [0.717, 1.165) is 5.92 Å². The molecule has 72 valence electrons. The average Bonchev–Trinajstić information content (AvgIpc) is 3.03. The summed E-state index contributed by atoms with van der Waals surface area (Å²) in [5, 5.41) is 0. The molecule has 0 amide bonds. The van der Waals surface area contributed by atoms with Crippen LogP contribution in [0.5, 0.6) is 0 Å². The van der Waals surface area contributed by atoms with Crippen LogP contribution in [0.4, 0.5) is 0 Å². The first-order valence-electron chi connectivity index (χ1n) is 5.29. The molecule has 1 aromatic rings. The summed E-state index contributed by atoms with van der Waals surface area (Å²) in [6, 6.07) is 13.8. The summed E-state index contributed by atoms with van der Waals surface area (Å²) in [5.74, 6) is 1.34. The summed E-state index contributed by atoms with van der Waals surface area (Å²) in [5.41, 5.74) is 1.35. The van der Waals surface area contributed by atoms with E-state index in [-0.39, 0.29) is 0 Å². The molecule has 1 unspecified atom stereocenters. The lowest BCUT2D eigenvalue weighted by atomic mass is 9.95. The van der Waals surface area contributed by atoms with Crippen LogP contribution >= 0.6 is 0 Å². The van der Waals surface area contributed by atoms with E-state index in [2.05, 4.69) is 41.2 Å². The first-order valence-corrected chi connectivity index (χ1v) is 5.29. The van der Waals surface area contributed by atoms with Crippen LogP contribution in [0.15, 0.2) is 30.3 Å². The summed E-state index contributed by atoms with van der Waals surface area (Å²) in [6.45, 7) is 0. The van der Waals surface area contributed by atoms with Crippen molar-refractivity contribution in [1.29, 1.82) is 0 Å². The molecule has 0 aliphatic heterocycles. The lowest BCUT2D eigenvalue weighted by Crippen LogP contribution is -1.96. The van der Waals surface area contributed by atoms with Crippen LogP contribution in [-0.2, 0) is 0 Å². The fourth-order valence-electron chi connectivity index (χ4n) is 1.79. The monoisotopic (exact) mass is 186 g/mol. The van der Waals surface area contributed by atoms with Gasteiger partial charge in [-0.15, -0.1) is 0 Å². The van der Waals surface area contributed by atoms with Crippen LogP contribution in [0, 0.1) is 12.0 Å². The van der Waals surface area contributed by atoms with Crippen LogP contribution in [0.2, 0.25) is 0 Å². The molecule has 0 radical (unpaired) electrons. The molecule has 0 aromatic heterocycles. The highest BCUT2D eigenvalue weighted by Gasteiger charge is 2.27. The maximum Gasteiger partial charge on any atom is 0.280 e. The van der Waals surface area contributed by atoms with E-state index in [4.69, 9.17) is 0 Å². The van der Waals surface area contributed by atoms with Crippen LogP contribution in [0.1, 0.15) is 30.7 Å². The third-order valence-corrected chi connectivity index (χ3v) is 2.75. The third kappa shape index (κ3) is 2.35. The van der Waals surface area contributed by atoms with Crippen LogP contribution in [0.25, 0.3) is 4.85 Å². The maximum absolute atomic E-state index is 4.04. The first kappa shape index (κ1) is 9.27. The highest BCUT2D eigenvalue weighted by molar-refractivity contribution is 5.26. The zero-order valence-corrected chi connectivity index (χ0v) is 8.61. The molecular formula is C13H16N+. The molecule has 1 heteroatoms. The summed E-state index contributed by atoms with van der Waals surface area (Å²) < 4.78 is 0. The fraction of sp³-hybridized carbons (Fsp3) is 0.462. The molecule has 0 N–H and O–H groups in total. The third-order valence-electron chi connectivity index (χ3n) is 2.75. The minimum Gasteiger partial charge on any atom is -0.0864 e. The van der Waals surface area contributed by atoms with Gasteiger partial charge < -0.3 is 0 Å². The predicted octanol–water partition coefficient (Wildman–Crippen LogP) is 3.53. The van der Waals surface area contributed by atoms with Gasteiger partial charge in [-0.25, -0.2) is 0 Å². The second-order valence-corrected chi connectivity index (χ2v) is 4.00. The Morgan fingerprint density at radius 2 is 2.07 bits per heavy atom. The number of hydrogen-bond acceptors (Lipinski definition) is 0. The van der Waals surface area contributed by atoms with E-state index in [1.807, 2.05) is 7.05 Å². The zero-order chi connectivity index (χ0) is 9.80. The van der Waals surface area contributed by atoms with E-state index >= 15 is 0 Å². The lowest BCUT2D eigenvalue weighted by molar-refractivity contribution is 0.676. The standard InChI is InChI=1S/C13H16N/c1-14-10-13(9-11-7-8-11)12-5-3-2-4-6-12/h2-6,11,13H,7-9H2,1H3/q+1. The van der Waals surface area contributed by atoms with Gasteiger partial charge in [-0.3, -0.25) is 0 Å². The highest BCUT2D eigenvalue weighted by atomic mass is 14.6. The molecule has 1 atom stereocenters. The summed E-state index contributed by atoms with van der Waals surface area (Å²) in [4.78, 5) is 4.04. The molecule has 1 nitrogen and oxygen atoms in total. The Kier molecular flexibility index (Phi) is 2.84. The van der Waals surface area contributed by atoms with E-state index < -0.39 is 0 Å². The molecule has 2 rings (SSSR count). The number of hydrogen-bond donors (Lipinski definition) is 0. The molecule has 0 saturated heterocycles. The Hall–Kier alpha value is -1.29. The second kappa shape index (κ2) is 4.28. The van der Waals surface area contributed by atoms with Gasteiger partial charge in [-0.1, -0.05) is 48.0 Å². The van der Waals surface area contributed by atoms with Crippen LogP contribution in [0.3, 0.4) is 0 Å². The quantitative estimate of drug-likeness (QED) is 0.680. The predicted molar refractivity (Wildman–Crippen MR) is 59.7 cm³/mol. The summed E-state index contributed by atoms with van der Waals surface area (Å²) >= 11 is 0. The van der Waals surface area contributed by atoms with Gasteiger partial charge in [0.15, 0.2) is 0 Å². The number of nitrogens with zero attached hydrogens (tertiary/aromatic N) is 1. The van der Waals surface area contributed by atoms with E-state index in [1.165, 1.54) is 24.8 Å². The van der Waals surface area contributed by atoms with Crippen molar-refractivity contribution in [2.75, 3.05) is 7.05 Å². The van der Waals surface area contributed by atoms with Gasteiger partial charge in [0.05, 0.1) is 0 Å². The van der Waals surface area contributed by atoms with Crippen LogP contribution in [-0.4, -0.2) is 7.05 Å². The van der Waals surface area contributed by atoms with Crippen molar-refractivity contribution in [1.82, 2.24) is 0 Å². The zero-order valence-electron chi connectivity index (χ0n) is 8.61. The van der Waals surface area contributed by atoms with Crippen molar-refractivity contribution in [3.8, 4) is 6.07 Å². The van der Waals surface area contributed by atoms with E-state index in [9.17, 15) is 0 Å². The van der Waals surface area contributed by atoms with Crippen molar-refractivity contribution in [3.63, 3.8) is 0 Å². The lowest BCUT2D eigenvalue weighted by Gasteiger charge is -2.04. The Balaban J connectivity index is 2.11. The molecular weight excluding hydrogens is 170 g/mol. The normalized spacial score (nSPS) is 16.9. The molecule has 0 heterocycles. The molecule has 14 heavy (non-hydrogen) atoms. The molecule has 0 spiro atoms.